The van der Waals surface area contributed by atoms with E-state index in [1.165, 1.54) is 38.2 Å². The molecule has 1 unspecified atom stereocenters. The highest BCUT2D eigenvalue weighted by molar-refractivity contribution is 8.00. The highest BCUT2D eigenvalue weighted by Crippen LogP contribution is 2.31. The summed E-state index contributed by atoms with van der Waals surface area (Å²) in [5, 5.41) is 11.4. The van der Waals surface area contributed by atoms with Crippen LogP contribution in [0.5, 0.6) is 0 Å². The Hall–Kier alpha value is -2.84. The van der Waals surface area contributed by atoms with Gasteiger partial charge in [0.25, 0.3) is 0 Å². The molecule has 2 aromatic carbocycles. The van der Waals surface area contributed by atoms with E-state index in [-0.39, 0.29) is 29.7 Å². The average molecular weight is 560 g/mol. The van der Waals surface area contributed by atoms with Crippen molar-refractivity contribution in [2.75, 3.05) is 43.1 Å². The van der Waals surface area contributed by atoms with Crippen LogP contribution in [0.25, 0.3) is 0 Å². The zero-order valence-corrected chi connectivity index (χ0v) is 22.2. The number of sulfonamides is 1. The van der Waals surface area contributed by atoms with Crippen LogP contribution >= 0.6 is 23.1 Å². The van der Waals surface area contributed by atoms with Gasteiger partial charge in [-0.2, -0.15) is 4.31 Å². The van der Waals surface area contributed by atoms with Crippen molar-refractivity contribution < 1.29 is 22.7 Å². The molecule has 5 rings (SSSR count). The van der Waals surface area contributed by atoms with E-state index in [4.69, 9.17) is 4.74 Å². The van der Waals surface area contributed by atoms with Crippen LogP contribution in [0, 0.1) is 5.92 Å². The van der Waals surface area contributed by atoms with Crippen molar-refractivity contribution >= 4 is 55.8 Å². The van der Waals surface area contributed by atoms with E-state index in [9.17, 15) is 18.0 Å². The number of nitrogens with zero attached hydrogens (tertiary/aromatic N) is 4. The molecule has 0 spiro atoms. The van der Waals surface area contributed by atoms with E-state index in [1.54, 1.807) is 23.9 Å². The Balaban J connectivity index is 1.17. The number of amides is 2. The molecule has 2 aliphatic heterocycles. The fourth-order valence-electron chi connectivity index (χ4n) is 4.11. The third-order valence-corrected chi connectivity index (χ3v) is 10.0. The van der Waals surface area contributed by atoms with Crippen molar-refractivity contribution in [2.45, 2.75) is 21.4 Å². The van der Waals surface area contributed by atoms with Crippen molar-refractivity contribution in [3.8, 4) is 0 Å². The van der Waals surface area contributed by atoms with Crippen LogP contribution in [-0.4, -0.2) is 67.6 Å². The first-order chi connectivity index (χ1) is 17.9. The van der Waals surface area contributed by atoms with Crippen LogP contribution in [0.4, 0.5) is 10.8 Å². The van der Waals surface area contributed by atoms with Crippen molar-refractivity contribution in [1.82, 2.24) is 14.5 Å². The summed E-state index contributed by atoms with van der Waals surface area (Å²) in [4.78, 5) is 27.2. The van der Waals surface area contributed by atoms with Crippen LogP contribution in [-0.2, 0) is 30.1 Å². The minimum atomic E-state index is -3.62. The molecule has 2 amide bonds. The summed E-state index contributed by atoms with van der Waals surface area (Å²) in [5.41, 5.74) is 1.72. The minimum Gasteiger partial charge on any atom is -0.379 e. The SMILES string of the molecule is O=C(Nc1nnc(SCc2ccccc2)s1)C1CC(=O)N(c2ccc(S(=O)(=O)N3CCOCC3)cc2)C1. The summed E-state index contributed by atoms with van der Waals surface area (Å²) >= 11 is 2.84. The molecule has 2 fully saturated rings. The number of hydrogen-bond donors (Lipinski definition) is 1. The lowest BCUT2D eigenvalue weighted by Crippen LogP contribution is -2.40. The second-order valence-electron chi connectivity index (χ2n) is 8.55. The number of anilines is 2. The number of benzene rings is 2. The fraction of sp³-hybridized carbons (Fsp3) is 0.333. The molecule has 1 aromatic heterocycles. The lowest BCUT2D eigenvalue weighted by atomic mass is 10.1. The molecule has 37 heavy (non-hydrogen) atoms. The topological polar surface area (TPSA) is 122 Å². The van der Waals surface area contributed by atoms with Gasteiger partial charge in [-0.3, -0.25) is 9.59 Å². The minimum absolute atomic E-state index is 0.0636. The molecule has 2 saturated heterocycles. The molecular formula is C24H25N5O5S3. The number of carbonyl (C=O) groups excluding carboxylic acids is 2. The van der Waals surface area contributed by atoms with Crippen molar-refractivity contribution in [2.24, 2.45) is 5.92 Å². The maximum absolute atomic E-state index is 12.8. The van der Waals surface area contributed by atoms with Gasteiger partial charge in [0.1, 0.15) is 0 Å². The molecule has 0 bridgehead atoms. The highest BCUT2D eigenvalue weighted by Gasteiger charge is 2.36. The first kappa shape index (κ1) is 25.8. The van der Waals surface area contributed by atoms with Crippen molar-refractivity contribution in [3.05, 3.63) is 60.2 Å². The number of ether oxygens (including phenoxy) is 1. The lowest BCUT2D eigenvalue weighted by molar-refractivity contribution is -0.122. The molecule has 2 aliphatic rings. The molecule has 0 radical (unpaired) electrons. The number of aromatic nitrogens is 2. The highest BCUT2D eigenvalue weighted by atomic mass is 32.2. The van der Waals surface area contributed by atoms with E-state index in [1.807, 2.05) is 30.3 Å². The third-order valence-electron chi connectivity index (χ3n) is 6.09. The Bertz CT molecular complexity index is 1360. The summed E-state index contributed by atoms with van der Waals surface area (Å²) < 4.78 is 33.1. The molecular weight excluding hydrogens is 534 g/mol. The molecule has 0 aliphatic carbocycles. The zero-order valence-electron chi connectivity index (χ0n) is 19.8. The quantitative estimate of drug-likeness (QED) is 0.330. The monoisotopic (exact) mass is 559 g/mol. The largest absolute Gasteiger partial charge is 0.379 e. The van der Waals surface area contributed by atoms with E-state index in [0.29, 0.717) is 37.1 Å². The first-order valence-electron chi connectivity index (χ1n) is 11.7. The summed E-state index contributed by atoms with van der Waals surface area (Å²) in [6, 6.07) is 16.2. The summed E-state index contributed by atoms with van der Waals surface area (Å²) in [7, 11) is -3.62. The Morgan fingerprint density at radius 1 is 1.08 bits per heavy atom. The van der Waals surface area contributed by atoms with E-state index in [0.717, 1.165) is 10.1 Å². The Morgan fingerprint density at radius 2 is 1.81 bits per heavy atom. The Morgan fingerprint density at radius 3 is 2.54 bits per heavy atom. The summed E-state index contributed by atoms with van der Waals surface area (Å²) in [6.45, 7) is 1.57. The maximum atomic E-state index is 12.8. The van der Waals surface area contributed by atoms with Gasteiger partial charge in [-0.25, -0.2) is 8.42 Å². The van der Waals surface area contributed by atoms with Gasteiger partial charge < -0.3 is 15.0 Å². The Kier molecular flexibility index (Phi) is 7.86. The smallest absolute Gasteiger partial charge is 0.243 e. The van der Waals surface area contributed by atoms with Crippen LogP contribution in [0.3, 0.4) is 0 Å². The van der Waals surface area contributed by atoms with Crippen LogP contribution in [0.2, 0.25) is 0 Å². The average Bonchev–Trinajstić information content (AvgIpc) is 3.55. The number of rotatable bonds is 8. The summed E-state index contributed by atoms with van der Waals surface area (Å²) in [6.07, 6.45) is 0.0636. The normalized spacial score (nSPS) is 18.8. The number of morpholine rings is 1. The van der Waals surface area contributed by atoms with Gasteiger partial charge in [0.15, 0.2) is 4.34 Å². The molecule has 3 heterocycles. The van der Waals surface area contributed by atoms with Crippen LogP contribution in [0.15, 0.2) is 63.8 Å². The number of thioether (sulfide) groups is 1. The van der Waals surface area contributed by atoms with Gasteiger partial charge in [0.2, 0.25) is 27.0 Å². The van der Waals surface area contributed by atoms with Gasteiger partial charge in [0, 0.05) is 37.5 Å². The second-order valence-corrected chi connectivity index (χ2v) is 12.7. The van der Waals surface area contributed by atoms with Gasteiger partial charge in [-0.15, -0.1) is 10.2 Å². The molecule has 13 heteroatoms. The predicted molar refractivity (Wildman–Crippen MR) is 141 cm³/mol. The van der Waals surface area contributed by atoms with E-state index in [2.05, 4.69) is 15.5 Å². The first-order valence-corrected chi connectivity index (χ1v) is 14.9. The number of hydrogen-bond acceptors (Lipinski definition) is 9. The molecule has 1 atom stereocenters. The number of carbonyl (C=O) groups is 2. The lowest BCUT2D eigenvalue weighted by Gasteiger charge is -2.26. The molecule has 0 saturated carbocycles. The van der Waals surface area contributed by atoms with E-state index >= 15 is 0 Å². The fourth-order valence-corrected chi connectivity index (χ4v) is 7.23. The predicted octanol–water partition coefficient (Wildman–Crippen LogP) is 2.84. The van der Waals surface area contributed by atoms with E-state index < -0.39 is 15.9 Å². The second kappa shape index (κ2) is 11.3. The molecule has 3 aromatic rings. The van der Waals surface area contributed by atoms with Gasteiger partial charge >= 0.3 is 0 Å². The molecule has 1 N–H and O–H groups in total. The maximum Gasteiger partial charge on any atom is 0.243 e. The van der Waals surface area contributed by atoms with Crippen molar-refractivity contribution in [3.63, 3.8) is 0 Å². The van der Waals surface area contributed by atoms with Crippen molar-refractivity contribution in [1.29, 1.82) is 0 Å². The van der Waals surface area contributed by atoms with Crippen LogP contribution < -0.4 is 10.2 Å². The number of nitrogens with one attached hydrogen (secondary N) is 1. The van der Waals surface area contributed by atoms with Crippen LogP contribution in [0.1, 0.15) is 12.0 Å². The van der Waals surface area contributed by atoms with Gasteiger partial charge in [-0.1, -0.05) is 53.4 Å². The van der Waals surface area contributed by atoms with Gasteiger partial charge in [0.05, 0.1) is 24.0 Å². The molecule has 10 nitrogen and oxygen atoms in total. The zero-order chi connectivity index (χ0) is 25.8. The molecule has 194 valence electrons. The third kappa shape index (κ3) is 6.02. The standard InChI is InChI=1S/C24H25N5O5S3/c30-21-14-18(22(31)25-23-26-27-24(36-23)35-16-17-4-2-1-3-5-17)15-29(21)19-6-8-20(9-7-19)37(32,33)28-10-12-34-13-11-28/h1-9,18H,10-16H2,(H,25,26,31). The summed E-state index contributed by atoms with van der Waals surface area (Å²) in [5.74, 6) is -0.283. The van der Waals surface area contributed by atoms with Gasteiger partial charge in [-0.05, 0) is 29.8 Å². The Labute approximate surface area is 223 Å².